The topological polar surface area (TPSA) is 70.9 Å². The van der Waals surface area contributed by atoms with E-state index < -0.39 is 5.60 Å². The van der Waals surface area contributed by atoms with Crippen LogP contribution in [-0.4, -0.2) is 32.2 Å². The molecule has 1 aliphatic carbocycles. The van der Waals surface area contributed by atoms with Crippen molar-refractivity contribution in [1.82, 2.24) is 15.0 Å². The van der Waals surface area contributed by atoms with Crippen molar-refractivity contribution >= 4 is 29.2 Å². The van der Waals surface area contributed by atoms with Gasteiger partial charge >= 0.3 is 0 Å². The van der Waals surface area contributed by atoms with Crippen molar-refractivity contribution in [2.75, 3.05) is 11.9 Å². The smallest absolute Gasteiger partial charge is 0.228 e. The minimum absolute atomic E-state index is 0.0433. The number of halogens is 2. The average molecular weight is 291 g/mol. The highest BCUT2D eigenvalue weighted by atomic mass is 35.5. The predicted octanol–water partition coefficient (Wildman–Crippen LogP) is 2.53. The Balaban J connectivity index is 1.94. The maximum atomic E-state index is 10.4. The number of hydrogen-bond acceptors (Lipinski definition) is 5. The van der Waals surface area contributed by atoms with Crippen molar-refractivity contribution < 1.29 is 5.11 Å². The van der Waals surface area contributed by atoms with Crippen molar-refractivity contribution in [3.8, 4) is 0 Å². The van der Waals surface area contributed by atoms with Gasteiger partial charge in [0.05, 0.1) is 5.60 Å². The maximum Gasteiger partial charge on any atom is 0.228 e. The van der Waals surface area contributed by atoms with Gasteiger partial charge in [-0.05, 0) is 54.8 Å². The van der Waals surface area contributed by atoms with E-state index in [1.807, 2.05) is 0 Å². The van der Waals surface area contributed by atoms with Gasteiger partial charge in [0.2, 0.25) is 16.5 Å². The van der Waals surface area contributed by atoms with E-state index in [2.05, 4.69) is 27.2 Å². The van der Waals surface area contributed by atoms with Crippen LogP contribution >= 0.6 is 23.2 Å². The fourth-order valence-corrected chi connectivity index (χ4v) is 2.49. The van der Waals surface area contributed by atoms with Gasteiger partial charge < -0.3 is 10.4 Å². The summed E-state index contributed by atoms with van der Waals surface area (Å²) < 4.78 is 0. The van der Waals surface area contributed by atoms with Crippen molar-refractivity contribution in [1.29, 1.82) is 0 Å². The van der Waals surface area contributed by atoms with Gasteiger partial charge in [0, 0.05) is 6.54 Å². The summed E-state index contributed by atoms with van der Waals surface area (Å²) in [5.74, 6) is 0.985. The summed E-state index contributed by atoms with van der Waals surface area (Å²) in [5, 5.41) is 13.4. The zero-order chi connectivity index (χ0) is 13.2. The molecule has 1 fully saturated rings. The Morgan fingerprint density at radius 2 is 1.78 bits per heavy atom. The van der Waals surface area contributed by atoms with E-state index in [-0.39, 0.29) is 10.6 Å². The third kappa shape index (κ3) is 3.67. The molecule has 0 amide bonds. The number of aliphatic hydroxyl groups is 1. The minimum atomic E-state index is -0.696. The summed E-state index contributed by atoms with van der Waals surface area (Å²) in [6.45, 7) is 2.61. The summed E-state index contributed by atoms with van der Waals surface area (Å²) in [4.78, 5) is 11.5. The first kappa shape index (κ1) is 13.8. The van der Waals surface area contributed by atoms with Gasteiger partial charge in [0.25, 0.3) is 0 Å². The third-order valence-corrected chi connectivity index (χ3v) is 3.70. The van der Waals surface area contributed by atoms with Crippen molar-refractivity contribution in [3.05, 3.63) is 10.6 Å². The Morgan fingerprint density at radius 1 is 1.22 bits per heavy atom. The molecular weight excluding hydrogens is 275 g/mol. The van der Waals surface area contributed by atoms with Gasteiger partial charge in [0.15, 0.2) is 0 Å². The second-order valence-electron chi connectivity index (χ2n) is 4.96. The van der Waals surface area contributed by atoms with Gasteiger partial charge in [-0.3, -0.25) is 0 Å². The summed E-state index contributed by atoms with van der Waals surface area (Å²) in [6, 6.07) is 0. The van der Waals surface area contributed by atoms with E-state index in [1.54, 1.807) is 0 Å². The molecule has 0 atom stereocenters. The van der Waals surface area contributed by atoms with Crippen molar-refractivity contribution in [2.45, 2.75) is 38.2 Å². The van der Waals surface area contributed by atoms with E-state index >= 15 is 0 Å². The Kier molecular flexibility index (Phi) is 4.25. The van der Waals surface area contributed by atoms with Crippen LogP contribution in [0.4, 0.5) is 5.95 Å². The van der Waals surface area contributed by atoms with Crippen LogP contribution in [0.5, 0.6) is 0 Å². The molecule has 2 rings (SSSR count). The number of nitrogens with zero attached hydrogens (tertiary/aromatic N) is 3. The Morgan fingerprint density at radius 3 is 2.33 bits per heavy atom. The van der Waals surface area contributed by atoms with E-state index in [9.17, 15) is 5.11 Å². The normalized spacial score (nSPS) is 28.1. The first-order chi connectivity index (χ1) is 8.47. The van der Waals surface area contributed by atoms with E-state index in [0.29, 0.717) is 18.4 Å². The Hall–Kier alpha value is -0.650. The molecule has 1 aromatic rings. The fraction of sp³-hybridized carbons (Fsp3) is 0.727. The number of rotatable bonds is 3. The van der Waals surface area contributed by atoms with Crippen LogP contribution in [0.2, 0.25) is 10.6 Å². The lowest BCUT2D eigenvalue weighted by atomic mass is 9.79. The molecular formula is C11H16Cl2N4O. The molecule has 0 aliphatic heterocycles. The zero-order valence-electron chi connectivity index (χ0n) is 10.2. The number of hydrogen-bond donors (Lipinski definition) is 2. The van der Waals surface area contributed by atoms with Crippen LogP contribution in [0.15, 0.2) is 0 Å². The molecule has 0 bridgehead atoms. The van der Waals surface area contributed by atoms with Crippen molar-refractivity contribution in [3.63, 3.8) is 0 Å². The molecule has 1 aromatic heterocycles. The first-order valence-electron chi connectivity index (χ1n) is 6.00. The van der Waals surface area contributed by atoms with Crippen LogP contribution in [0.1, 0.15) is 32.6 Å². The minimum Gasteiger partial charge on any atom is -0.388 e. The van der Waals surface area contributed by atoms with Gasteiger partial charge in [-0.25, -0.2) is 0 Å². The second-order valence-corrected chi connectivity index (χ2v) is 5.63. The lowest BCUT2D eigenvalue weighted by Gasteiger charge is -2.34. The standard InChI is InChI=1S/C11H16Cl2N4O/c1-7-2-4-11(18,5-3-7)6-14-10-16-8(12)15-9(13)17-10/h7,18H,2-6H2,1H3,(H,14,15,16,17). The van der Waals surface area contributed by atoms with Crippen molar-refractivity contribution in [2.24, 2.45) is 5.92 Å². The quantitative estimate of drug-likeness (QED) is 0.895. The highest BCUT2D eigenvalue weighted by molar-refractivity contribution is 6.31. The molecule has 0 aromatic carbocycles. The Bertz CT molecular complexity index is 401. The van der Waals surface area contributed by atoms with Crippen LogP contribution in [0, 0.1) is 5.92 Å². The lowest BCUT2D eigenvalue weighted by molar-refractivity contribution is 0.00487. The summed E-state index contributed by atoms with van der Waals surface area (Å²) in [6.07, 6.45) is 3.65. The number of aromatic nitrogens is 3. The third-order valence-electron chi connectivity index (χ3n) is 3.36. The lowest BCUT2D eigenvalue weighted by Crippen LogP contribution is -2.40. The van der Waals surface area contributed by atoms with Gasteiger partial charge in [-0.2, -0.15) is 15.0 Å². The fourth-order valence-electron chi connectivity index (χ4n) is 2.12. The predicted molar refractivity (Wildman–Crippen MR) is 70.9 cm³/mol. The SMILES string of the molecule is CC1CCC(O)(CNc2nc(Cl)nc(Cl)n2)CC1. The molecule has 0 radical (unpaired) electrons. The molecule has 5 nitrogen and oxygen atoms in total. The van der Waals surface area contributed by atoms with E-state index in [4.69, 9.17) is 23.2 Å². The molecule has 0 unspecified atom stereocenters. The van der Waals surface area contributed by atoms with Crippen LogP contribution in [0.3, 0.4) is 0 Å². The number of anilines is 1. The highest BCUT2D eigenvalue weighted by Crippen LogP contribution is 2.31. The molecule has 2 N–H and O–H groups in total. The average Bonchev–Trinajstić information content (AvgIpc) is 2.30. The molecule has 1 saturated carbocycles. The molecule has 7 heteroatoms. The van der Waals surface area contributed by atoms with Gasteiger partial charge in [0.1, 0.15) is 0 Å². The second kappa shape index (κ2) is 5.55. The van der Waals surface area contributed by atoms with Crippen LogP contribution < -0.4 is 5.32 Å². The number of nitrogens with one attached hydrogen (secondary N) is 1. The molecule has 1 aliphatic rings. The Labute approximate surface area is 116 Å². The maximum absolute atomic E-state index is 10.4. The summed E-state index contributed by atoms with van der Waals surface area (Å²) >= 11 is 11.4. The van der Waals surface area contributed by atoms with E-state index in [1.165, 1.54) is 0 Å². The molecule has 1 heterocycles. The van der Waals surface area contributed by atoms with E-state index in [0.717, 1.165) is 25.7 Å². The summed E-state index contributed by atoms with van der Waals surface area (Å²) in [5.41, 5.74) is -0.696. The molecule has 18 heavy (non-hydrogen) atoms. The van der Waals surface area contributed by atoms with Crippen LogP contribution in [0.25, 0.3) is 0 Å². The highest BCUT2D eigenvalue weighted by Gasteiger charge is 2.31. The monoisotopic (exact) mass is 290 g/mol. The van der Waals surface area contributed by atoms with Crippen LogP contribution in [-0.2, 0) is 0 Å². The zero-order valence-corrected chi connectivity index (χ0v) is 11.7. The molecule has 0 spiro atoms. The van der Waals surface area contributed by atoms with Gasteiger partial charge in [-0.15, -0.1) is 0 Å². The first-order valence-corrected chi connectivity index (χ1v) is 6.76. The molecule has 100 valence electrons. The summed E-state index contributed by atoms with van der Waals surface area (Å²) in [7, 11) is 0. The molecule has 0 saturated heterocycles. The largest absolute Gasteiger partial charge is 0.388 e. The van der Waals surface area contributed by atoms with Gasteiger partial charge in [-0.1, -0.05) is 6.92 Å².